The molecule has 2 unspecified atom stereocenters. The predicted octanol–water partition coefficient (Wildman–Crippen LogP) is 1.17. The minimum Gasteiger partial charge on any atom is -0.479 e. The topological polar surface area (TPSA) is 66.8 Å². The third-order valence-electron chi connectivity index (χ3n) is 1.66. The Balaban J connectivity index is 2.84. The van der Waals surface area contributed by atoms with Crippen LogP contribution in [-0.4, -0.2) is 22.5 Å². The first-order valence-electron chi connectivity index (χ1n) is 4.22. The van der Waals surface area contributed by atoms with E-state index in [1.165, 1.54) is 6.92 Å². The largest absolute Gasteiger partial charge is 0.479 e. The van der Waals surface area contributed by atoms with E-state index in [1.807, 2.05) is 0 Å². The minimum absolute atomic E-state index is 0.515. The molecule has 0 aliphatic heterocycles. The second kappa shape index (κ2) is 4.74. The van der Waals surface area contributed by atoms with Crippen LogP contribution in [0, 0.1) is 0 Å². The van der Waals surface area contributed by atoms with Gasteiger partial charge in [0.25, 0.3) is 0 Å². The number of carboxylic acids is 1. The molecule has 0 aromatic heterocycles. The average molecular weight is 196 g/mol. The molecule has 4 heteroatoms. The maximum absolute atomic E-state index is 10.8. The molecular formula is C10H12O4. The summed E-state index contributed by atoms with van der Waals surface area (Å²) in [7, 11) is 0. The van der Waals surface area contributed by atoms with Crippen molar-refractivity contribution in [2.75, 3.05) is 0 Å². The quantitative estimate of drug-likeness (QED) is 0.709. The molecule has 1 rings (SSSR count). The Morgan fingerprint density at radius 3 is 2.36 bits per heavy atom. The number of hydrogen-bond acceptors (Lipinski definition) is 3. The van der Waals surface area contributed by atoms with Crippen LogP contribution in [0.4, 0.5) is 0 Å². The van der Waals surface area contributed by atoms with Gasteiger partial charge < -0.3 is 14.9 Å². The lowest BCUT2D eigenvalue weighted by Crippen LogP contribution is -2.20. The summed E-state index contributed by atoms with van der Waals surface area (Å²) in [4.78, 5) is 10.8. The zero-order valence-corrected chi connectivity index (χ0v) is 7.75. The lowest BCUT2D eigenvalue weighted by molar-refractivity contribution is -0.172. The number of benzene rings is 1. The lowest BCUT2D eigenvalue weighted by atomic mass is 10.1. The highest BCUT2D eigenvalue weighted by atomic mass is 16.6. The van der Waals surface area contributed by atoms with Gasteiger partial charge in [0.15, 0.2) is 12.4 Å². The van der Waals surface area contributed by atoms with E-state index in [4.69, 9.17) is 14.9 Å². The maximum Gasteiger partial charge on any atom is 0.337 e. The fourth-order valence-corrected chi connectivity index (χ4v) is 1.10. The van der Waals surface area contributed by atoms with Gasteiger partial charge in [-0.05, 0) is 12.5 Å². The third kappa shape index (κ3) is 2.83. The van der Waals surface area contributed by atoms with Crippen molar-refractivity contribution in [1.82, 2.24) is 0 Å². The lowest BCUT2D eigenvalue weighted by Gasteiger charge is -2.15. The highest BCUT2D eigenvalue weighted by Gasteiger charge is 2.21. The summed E-state index contributed by atoms with van der Waals surface area (Å²) in [5.41, 5.74) is 0.515. The van der Waals surface area contributed by atoms with Crippen LogP contribution in [-0.2, 0) is 9.53 Å². The van der Waals surface area contributed by atoms with Crippen molar-refractivity contribution in [3.05, 3.63) is 35.9 Å². The van der Waals surface area contributed by atoms with E-state index in [0.717, 1.165) is 0 Å². The van der Waals surface area contributed by atoms with Crippen LogP contribution in [0.25, 0.3) is 0 Å². The van der Waals surface area contributed by atoms with Crippen molar-refractivity contribution in [1.29, 1.82) is 0 Å². The molecule has 76 valence electrons. The van der Waals surface area contributed by atoms with Crippen LogP contribution in [0.2, 0.25) is 0 Å². The number of rotatable bonds is 4. The molecule has 0 aliphatic carbocycles. The van der Waals surface area contributed by atoms with E-state index in [1.54, 1.807) is 30.3 Å². The zero-order chi connectivity index (χ0) is 10.6. The van der Waals surface area contributed by atoms with E-state index >= 15 is 0 Å². The molecule has 1 aromatic rings. The average Bonchev–Trinajstić information content (AvgIpc) is 2.15. The van der Waals surface area contributed by atoms with Gasteiger partial charge in [0, 0.05) is 0 Å². The highest BCUT2D eigenvalue weighted by molar-refractivity contribution is 5.74. The van der Waals surface area contributed by atoms with Gasteiger partial charge in [-0.3, -0.25) is 0 Å². The zero-order valence-electron chi connectivity index (χ0n) is 7.75. The van der Waals surface area contributed by atoms with Gasteiger partial charge in [0.2, 0.25) is 0 Å². The number of carbonyl (C=O) groups is 1. The van der Waals surface area contributed by atoms with E-state index < -0.39 is 18.4 Å². The van der Waals surface area contributed by atoms with Crippen molar-refractivity contribution in [2.24, 2.45) is 0 Å². The van der Waals surface area contributed by atoms with Crippen LogP contribution >= 0.6 is 0 Å². The summed E-state index contributed by atoms with van der Waals surface area (Å²) in [5, 5.41) is 17.8. The van der Waals surface area contributed by atoms with E-state index in [-0.39, 0.29) is 0 Å². The molecule has 2 N–H and O–H groups in total. The van der Waals surface area contributed by atoms with Gasteiger partial charge in [-0.1, -0.05) is 30.3 Å². The number of carboxylic acid groups (broad SMARTS) is 1. The van der Waals surface area contributed by atoms with Gasteiger partial charge in [-0.2, -0.15) is 0 Å². The molecular weight excluding hydrogens is 184 g/mol. The fraction of sp³-hybridized carbons (Fsp3) is 0.300. The Bertz CT molecular complexity index is 294. The SMILES string of the molecule is CC(O)OC(C(=O)O)c1ccccc1. The monoisotopic (exact) mass is 196 g/mol. The smallest absolute Gasteiger partial charge is 0.337 e. The molecule has 0 amide bonds. The molecule has 0 heterocycles. The second-order valence-corrected chi connectivity index (χ2v) is 2.86. The van der Waals surface area contributed by atoms with Crippen molar-refractivity contribution >= 4 is 5.97 Å². The van der Waals surface area contributed by atoms with Crippen LogP contribution in [0.15, 0.2) is 30.3 Å². The van der Waals surface area contributed by atoms with Crippen molar-refractivity contribution in [3.63, 3.8) is 0 Å². The fourth-order valence-electron chi connectivity index (χ4n) is 1.10. The molecule has 2 atom stereocenters. The first kappa shape index (κ1) is 10.7. The van der Waals surface area contributed by atoms with Gasteiger partial charge >= 0.3 is 5.97 Å². The number of ether oxygens (including phenoxy) is 1. The van der Waals surface area contributed by atoms with E-state index in [0.29, 0.717) is 5.56 Å². The van der Waals surface area contributed by atoms with Crippen LogP contribution in [0.5, 0.6) is 0 Å². The summed E-state index contributed by atoms with van der Waals surface area (Å²) in [6.45, 7) is 1.37. The first-order chi connectivity index (χ1) is 6.61. The second-order valence-electron chi connectivity index (χ2n) is 2.86. The molecule has 0 radical (unpaired) electrons. The number of hydrogen-bond donors (Lipinski definition) is 2. The van der Waals surface area contributed by atoms with E-state index in [9.17, 15) is 4.79 Å². The molecule has 0 spiro atoms. The summed E-state index contributed by atoms with van der Waals surface area (Å²) in [6.07, 6.45) is -2.22. The van der Waals surface area contributed by atoms with Gasteiger partial charge in [0.05, 0.1) is 0 Å². The van der Waals surface area contributed by atoms with Gasteiger partial charge in [0.1, 0.15) is 0 Å². The Kier molecular flexibility index (Phi) is 3.62. The van der Waals surface area contributed by atoms with Crippen LogP contribution in [0.1, 0.15) is 18.6 Å². The van der Waals surface area contributed by atoms with Gasteiger partial charge in [-0.25, -0.2) is 4.79 Å². The Morgan fingerprint density at radius 1 is 1.36 bits per heavy atom. The van der Waals surface area contributed by atoms with Gasteiger partial charge in [-0.15, -0.1) is 0 Å². The molecule has 0 aliphatic rings. The normalized spacial score (nSPS) is 14.7. The summed E-state index contributed by atoms with van der Waals surface area (Å²) in [6, 6.07) is 8.50. The first-order valence-corrected chi connectivity index (χ1v) is 4.22. The van der Waals surface area contributed by atoms with Crippen molar-refractivity contribution in [3.8, 4) is 0 Å². The third-order valence-corrected chi connectivity index (χ3v) is 1.66. The van der Waals surface area contributed by atoms with Crippen LogP contribution < -0.4 is 0 Å². The van der Waals surface area contributed by atoms with Crippen molar-refractivity contribution < 1.29 is 19.7 Å². The number of aliphatic hydroxyl groups is 1. The molecule has 4 nitrogen and oxygen atoms in total. The number of aliphatic carboxylic acids is 1. The summed E-state index contributed by atoms with van der Waals surface area (Å²) in [5.74, 6) is -1.11. The molecule has 0 bridgehead atoms. The molecule has 14 heavy (non-hydrogen) atoms. The molecule has 1 aromatic carbocycles. The van der Waals surface area contributed by atoms with E-state index in [2.05, 4.69) is 0 Å². The minimum atomic E-state index is -1.11. The Labute approximate surface area is 81.8 Å². The maximum atomic E-state index is 10.8. The van der Waals surface area contributed by atoms with Crippen molar-refractivity contribution in [2.45, 2.75) is 19.3 Å². The Hall–Kier alpha value is -1.39. The Morgan fingerprint density at radius 2 is 1.93 bits per heavy atom. The standard InChI is InChI=1S/C10H12O4/c1-7(11)14-9(10(12)13)8-5-3-2-4-6-8/h2-7,9,11H,1H3,(H,12,13). The summed E-state index contributed by atoms with van der Waals surface area (Å²) < 4.78 is 4.85. The summed E-state index contributed by atoms with van der Waals surface area (Å²) >= 11 is 0. The molecule has 0 fully saturated rings. The predicted molar refractivity (Wildman–Crippen MR) is 49.6 cm³/mol. The van der Waals surface area contributed by atoms with Crippen LogP contribution in [0.3, 0.4) is 0 Å². The number of aliphatic hydroxyl groups excluding tert-OH is 1. The molecule has 0 saturated carbocycles. The highest BCUT2D eigenvalue weighted by Crippen LogP contribution is 2.18. The molecule has 0 saturated heterocycles.